The average molecular weight is 321 g/mol. The minimum Gasteiger partial charge on any atom is -0.394 e. The van der Waals surface area contributed by atoms with Crippen molar-refractivity contribution < 1.29 is 20.1 Å². The van der Waals surface area contributed by atoms with E-state index in [2.05, 4.69) is 4.98 Å². The quantitative estimate of drug-likeness (QED) is 0.597. The Bertz CT molecular complexity index is 816. The number of hydrogen-bond donors (Lipinski definition) is 3. The molecule has 23 heavy (non-hydrogen) atoms. The van der Waals surface area contributed by atoms with Gasteiger partial charge in [-0.15, -0.1) is 0 Å². The number of aliphatic hydroxyl groups excluding tert-OH is 3. The van der Waals surface area contributed by atoms with E-state index in [0.717, 1.165) is 4.57 Å². The van der Waals surface area contributed by atoms with Crippen molar-refractivity contribution in [3.63, 3.8) is 0 Å². The molecule has 0 unspecified atom stereocenters. The summed E-state index contributed by atoms with van der Waals surface area (Å²) in [4.78, 5) is 27.7. The minimum atomic E-state index is -1.38. The van der Waals surface area contributed by atoms with Crippen LogP contribution in [0.4, 0.5) is 0 Å². The molecule has 2 aromatic rings. The fraction of sp³-hybridized carbons (Fsp3) is 0.357. The fourth-order valence-corrected chi connectivity index (χ4v) is 2.46. The molecular formula is C14H15N3O6. The van der Waals surface area contributed by atoms with E-state index in [0.29, 0.717) is 0 Å². The number of hydrogen-bond acceptors (Lipinski definition) is 7. The fourth-order valence-electron chi connectivity index (χ4n) is 2.46. The highest BCUT2D eigenvalue weighted by molar-refractivity contribution is 5.20. The van der Waals surface area contributed by atoms with Crippen LogP contribution < -0.4 is 11.2 Å². The Morgan fingerprint density at radius 2 is 1.91 bits per heavy atom. The van der Waals surface area contributed by atoms with Gasteiger partial charge in [-0.2, -0.15) is 4.98 Å². The first kappa shape index (κ1) is 15.6. The summed E-state index contributed by atoms with van der Waals surface area (Å²) in [5.74, 6) is 0.128. The largest absolute Gasteiger partial charge is 0.394 e. The molecule has 0 aromatic carbocycles. The summed E-state index contributed by atoms with van der Waals surface area (Å²) < 4.78 is 7.47. The molecule has 0 amide bonds. The smallest absolute Gasteiger partial charge is 0.351 e. The van der Waals surface area contributed by atoms with Gasteiger partial charge >= 0.3 is 5.69 Å². The van der Waals surface area contributed by atoms with E-state index in [9.17, 15) is 19.8 Å². The van der Waals surface area contributed by atoms with Gasteiger partial charge in [0.05, 0.1) is 6.61 Å². The molecule has 9 heteroatoms. The predicted octanol–water partition coefficient (Wildman–Crippen LogP) is -1.99. The maximum atomic E-state index is 12.2. The Labute approximate surface area is 129 Å². The van der Waals surface area contributed by atoms with Gasteiger partial charge in [0.2, 0.25) is 0 Å². The van der Waals surface area contributed by atoms with Crippen molar-refractivity contribution in [3.05, 3.63) is 57.5 Å². The molecule has 122 valence electrons. The highest BCUT2D eigenvalue weighted by Gasteiger charge is 2.43. The molecule has 1 fully saturated rings. The van der Waals surface area contributed by atoms with Gasteiger partial charge in [0.25, 0.3) is 5.56 Å². The van der Waals surface area contributed by atoms with E-state index in [1.165, 1.54) is 29.1 Å². The second-order valence-corrected chi connectivity index (χ2v) is 5.11. The van der Waals surface area contributed by atoms with E-state index in [1.807, 2.05) is 0 Å². The summed E-state index contributed by atoms with van der Waals surface area (Å²) in [6, 6.07) is 5.94. The van der Waals surface area contributed by atoms with Crippen molar-refractivity contribution >= 4 is 0 Å². The number of pyridine rings is 1. The van der Waals surface area contributed by atoms with Crippen molar-refractivity contribution in [1.82, 2.24) is 14.1 Å². The van der Waals surface area contributed by atoms with Crippen LogP contribution >= 0.6 is 0 Å². The third kappa shape index (κ3) is 2.70. The van der Waals surface area contributed by atoms with Crippen molar-refractivity contribution in [2.75, 3.05) is 6.61 Å². The summed E-state index contributed by atoms with van der Waals surface area (Å²) in [5.41, 5.74) is -1.10. The molecule has 1 aliphatic rings. The van der Waals surface area contributed by atoms with Gasteiger partial charge in [-0.3, -0.25) is 13.9 Å². The Hall–Kier alpha value is -2.33. The van der Waals surface area contributed by atoms with Crippen LogP contribution in [0, 0.1) is 0 Å². The van der Waals surface area contributed by atoms with Gasteiger partial charge in [-0.1, -0.05) is 6.07 Å². The first-order valence-electron chi connectivity index (χ1n) is 6.92. The van der Waals surface area contributed by atoms with Crippen LogP contribution in [0.5, 0.6) is 0 Å². The van der Waals surface area contributed by atoms with Crippen LogP contribution in [0.1, 0.15) is 6.23 Å². The second-order valence-electron chi connectivity index (χ2n) is 5.11. The van der Waals surface area contributed by atoms with Crippen LogP contribution in [0.2, 0.25) is 0 Å². The van der Waals surface area contributed by atoms with Gasteiger partial charge in [-0.05, 0) is 12.1 Å². The molecule has 0 saturated carbocycles. The van der Waals surface area contributed by atoms with Gasteiger partial charge in [0.15, 0.2) is 6.23 Å². The highest BCUT2D eigenvalue weighted by Crippen LogP contribution is 2.27. The molecule has 3 rings (SSSR count). The number of nitrogens with zero attached hydrogens (tertiary/aromatic N) is 3. The molecule has 0 radical (unpaired) electrons. The van der Waals surface area contributed by atoms with Crippen LogP contribution in [-0.2, 0) is 4.74 Å². The molecule has 1 aliphatic heterocycles. The summed E-state index contributed by atoms with van der Waals surface area (Å²) in [6.07, 6.45) is -2.06. The van der Waals surface area contributed by atoms with E-state index >= 15 is 0 Å². The maximum absolute atomic E-state index is 12.2. The molecule has 9 nitrogen and oxygen atoms in total. The van der Waals surface area contributed by atoms with E-state index in [-0.39, 0.29) is 11.4 Å². The van der Waals surface area contributed by atoms with Gasteiger partial charge in [-0.25, -0.2) is 4.79 Å². The first-order chi connectivity index (χ1) is 11.0. The average Bonchev–Trinajstić information content (AvgIpc) is 2.83. The molecule has 4 atom stereocenters. The summed E-state index contributed by atoms with van der Waals surface area (Å²) in [7, 11) is 0. The Balaban J connectivity index is 1.97. The monoisotopic (exact) mass is 321 g/mol. The van der Waals surface area contributed by atoms with Crippen molar-refractivity contribution in [1.29, 1.82) is 0 Å². The van der Waals surface area contributed by atoms with E-state index < -0.39 is 36.8 Å². The van der Waals surface area contributed by atoms with Gasteiger partial charge < -0.3 is 20.1 Å². The third-order valence-corrected chi connectivity index (χ3v) is 3.68. The standard InChI is InChI=1S/C14H15N3O6/c18-7-8-11(20)12(21)13(23-8)17-6-4-9(15-14(17)22)16-5-2-1-3-10(16)19/h1-6,8,11-13,18,20-21H,7H2/t8-,11-,12-,13-/m1/s1. The van der Waals surface area contributed by atoms with Crippen LogP contribution in [-0.4, -0.2) is 54.4 Å². The minimum absolute atomic E-state index is 0.128. The van der Waals surface area contributed by atoms with E-state index in [4.69, 9.17) is 9.84 Å². The van der Waals surface area contributed by atoms with Crippen molar-refractivity contribution in [3.8, 4) is 5.82 Å². The first-order valence-corrected chi connectivity index (χ1v) is 6.92. The number of aromatic nitrogens is 3. The molecular weight excluding hydrogens is 306 g/mol. The Kier molecular flexibility index (Phi) is 4.09. The SMILES string of the molecule is O=c1ccccn1-c1ccn([C@@H]2O[C@H](CO)[C@@H](O)[C@H]2O)c(=O)n1. The zero-order chi connectivity index (χ0) is 16.6. The lowest BCUT2D eigenvalue weighted by atomic mass is 10.1. The van der Waals surface area contributed by atoms with Crippen LogP contribution in [0.15, 0.2) is 46.2 Å². The van der Waals surface area contributed by atoms with E-state index in [1.54, 1.807) is 12.1 Å². The van der Waals surface area contributed by atoms with Gasteiger partial charge in [0, 0.05) is 18.5 Å². The molecule has 3 N–H and O–H groups in total. The molecule has 3 heterocycles. The third-order valence-electron chi connectivity index (χ3n) is 3.68. The normalized spacial score (nSPS) is 27.3. The summed E-state index contributed by atoms with van der Waals surface area (Å²) >= 11 is 0. The summed E-state index contributed by atoms with van der Waals surface area (Å²) in [5, 5.41) is 28.7. The molecule has 1 saturated heterocycles. The zero-order valence-corrected chi connectivity index (χ0v) is 11.9. The molecule has 2 aromatic heterocycles. The Morgan fingerprint density at radius 1 is 1.13 bits per heavy atom. The number of ether oxygens (including phenoxy) is 1. The molecule has 0 bridgehead atoms. The predicted molar refractivity (Wildman–Crippen MR) is 77.1 cm³/mol. The zero-order valence-electron chi connectivity index (χ0n) is 11.9. The molecule has 0 aliphatic carbocycles. The van der Waals surface area contributed by atoms with Gasteiger partial charge in [0.1, 0.15) is 24.1 Å². The lowest BCUT2D eigenvalue weighted by molar-refractivity contribution is -0.0549. The maximum Gasteiger partial charge on any atom is 0.351 e. The van der Waals surface area contributed by atoms with Crippen molar-refractivity contribution in [2.24, 2.45) is 0 Å². The lowest BCUT2D eigenvalue weighted by Crippen LogP contribution is -2.36. The topological polar surface area (TPSA) is 127 Å². The molecule has 0 spiro atoms. The summed E-state index contributed by atoms with van der Waals surface area (Å²) in [6.45, 7) is -0.492. The second kappa shape index (κ2) is 6.05. The van der Waals surface area contributed by atoms with Crippen LogP contribution in [0.25, 0.3) is 5.82 Å². The van der Waals surface area contributed by atoms with Crippen LogP contribution in [0.3, 0.4) is 0 Å². The van der Waals surface area contributed by atoms with Crippen molar-refractivity contribution in [2.45, 2.75) is 24.5 Å². The Morgan fingerprint density at radius 3 is 2.52 bits per heavy atom. The highest BCUT2D eigenvalue weighted by atomic mass is 16.6. The lowest BCUT2D eigenvalue weighted by Gasteiger charge is -2.17. The number of rotatable bonds is 3. The number of aliphatic hydroxyl groups is 3.